The van der Waals surface area contributed by atoms with Crippen molar-refractivity contribution in [2.24, 2.45) is 0 Å². The predicted molar refractivity (Wildman–Crippen MR) is 110 cm³/mol. The molecule has 0 heterocycles. The molecule has 2 rings (SSSR count). The molecule has 0 saturated heterocycles. The molecule has 1 atom stereocenters. The van der Waals surface area contributed by atoms with Crippen molar-refractivity contribution in [1.82, 2.24) is 0 Å². The van der Waals surface area contributed by atoms with Crippen molar-refractivity contribution in [2.45, 2.75) is 50.7 Å². The fraction of sp³-hybridized carbons (Fsp3) is 0.409. The molecule has 2 aromatic rings. The number of unbranched alkanes of at least 4 members (excludes halogenated alkanes) is 1. The number of esters is 1. The van der Waals surface area contributed by atoms with Crippen LogP contribution >= 0.6 is 0 Å². The fourth-order valence-corrected chi connectivity index (χ4v) is 3.63. The van der Waals surface area contributed by atoms with Gasteiger partial charge in [-0.15, -0.1) is 0 Å². The molecule has 0 fully saturated rings. The first kappa shape index (κ1) is 23.1. The van der Waals surface area contributed by atoms with E-state index in [1.165, 1.54) is 19.1 Å². The van der Waals surface area contributed by atoms with Gasteiger partial charge in [-0.05, 0) is 43.9 Å². The highest BCUT2D eigenvalue weighted by Gasteiger charge is 2.20. The normalized spacial score (nSPS) is 12.5. The Morgan fingerprint density at radius 1 is 1.00 bits per heavy atom. The molecular formula is C22H28O6S. The number of ether oxygens (including phenoxy) is 2. The summed E-state index contributed by atoms with van der Waals surface area (Å²) < 4.78 is 40.6. The molecule has 0 N–H and O–H groups in total. The van der Waals surface area contributed by atoms with E-state index < -0.39 is 22.2 Å². The van der Waals surface area contributed by atoms with E-state index in [1.807, 2.05) is 37.3 Å². The summed E-state index contributed by atoms with van der Waals surface area (Å²) >= 11 is 0. The molecule has 0 spiro atoms. The number of carbonyl (C=O) groups is 1. The molecule has 0 aliphatic rings. The van der Waals surface area contributed by atoms with Crippen molar-refractivity contribution in [3.05, 3.63) is 65.7 Å². The lowest BCUT2D eigenvalue weighted by Gasteiger charge is -2.17. The zero-order chi connectivity index (χ0) is 21.1. The van der Waals surface area contributed by atoms with E-state index in [9.17, 15) is 13.2 Å². The van der Waals surface area contributed by atoms with Crippen molar-refractivity contribution in [3.8, 4) is 0 Å². The van der Waals surface area contributed by atoms with Crippen LogP contribution in [0.15, 0.2) is 59.5 Å². The third-order valence-electron chi connectivity index (χ3n) is 4.23. The van der Waals surface area contributed by atoms with Crippen LogP contribution in [-0.2, 0) is 35.2 Å². The van der Waals surface area contributed by atoms with E-state index in [2.05, 4.69) is 0 Å². The van der Waals surface area contributed by atoms with Crippen LogP contribution in [0.4, 0.5) is 0 Å². The molecule has 2 aromatic carbocycles. The molecule has 0 unspecified atom stereocenters. The third-order valence-corrected chi connectivity index (χ3v) is 5.52. The number of hydrogen-bond donors (Lipinski definition) is 0. The van der Waals surface area contributed by atoms with Gasteiger partial charge in [-0.2, -0.15) is 8.42 Å². The van der Waals surface area contributed by atoms with Gasteiger partial charge in [0, 0.05) is 13.5 Å². The molecule has 7 heteroatoms. The Kier molecular flexibility index (Phi) is 9.31. The lowest BCUT2D eigenvalue weighted by molar-refractivity contribution is -0.148. The van der Waals surface area contributed by atoms with Gasteiger partial charge in [0.25, 0.3) is 10.1 Å². The topological polar surface area (TPSA) is 78.9 Å². The highest BCUT2D eigenvalue weighted by Crippen LogP contribution is 2.15. The van der Waals surface area contributed by atoms with Crippen molar-refractivity contribution < 1.29 is 26.9 Å². The Morgan fingerprint density at radius 2 is 1.69 bits per heavy atom. The average Bonchev–Trinajstić information content (AvgIpc) is 2.69. The van der Waals surface area contributed by atoms with E-state index in [-0.39, 0.29) is 11.5 Å². The molecule has 0 aromatic heterocycles. The first-order valence-corrected chi connectivity index (χ1v) is 11.0. The predicted octanol–water partition coefficient (Wildman–Crippen LogP) is 4.02. The molecule has 0 amide bonds. The first-order chi connectivity index (χ1) is 13.9. The van der Waals surface area contributed by atoms with Crippen molar-refractivity contribution in [1.29, 1.82) is 0 Å². The Bertz CT molecular complexity index is 847. The lowest BCUT2D eigenvalue weighted by Crippen LogP contribution is -2.24. The average molecular weight is 421 g/mol. The number of rotatable bonds is 12. The van der Waals surface area contributed by atoms with Crippen LogP contribution in [-0.4, -0.2) is 33.7 Å². The second-order valence-corrected chi connectivity index (χ2v) is 8.43. The molecule has 0 bridgehead atoms. The highest BCUT2D eigenvalue weighted by molar-refractivity contribution is 7.86. The number of benzene rings is 2. The van der Waals surface area contributed by atoms with Gasteiger partial charge in [0.1, 0.15) is 12.7 Å². The molecular weight excluding hydrogens is 392 g/mol. The Morgan fingerprint density at radius 3 is 2.34 bits per heavy atom. The van der Waals surface area contributed by atoms with E-state index in [0.29, 0.717) is 19.6 Å². The van der Waals surface area contributed by atoms with Gasteiger partial charge in [0.05, 0.1) is 11.5 Å². The maximum atomic E-state index is 12.3. The molecule has 6 nitrogen and oxygen atoms in total. The minimum absolute atomic E-state index is 0.0824. The molecule has 29 heavy (non-hydrogen) atoms. The molecule has 0 radical (unpaired) electrons. The second kappa shape index (κ2) is 11.7. The first-order valence-electron chi connectivity index (χ1n) is 9.62. The van der Waals surface area contributed by atoms with Crippen molar-refractivity contribution in [3.63, 3.8) is 0 Å². The largest absolute Gasteiger partial charge is 0.460 e. The summed E-state index contributed by atoms with van der Waals surface area (Å²) in [5, 5.41) is 0. The molecule has 158 valence electrons. The van der Waals surface area contributed by atoms with Crippen LogP contribution in [0.25, 0.3) is 0 Å². The van der Waals surface area contributed by atoms with Crippen LogP contribution in [0.5, 0.6) is 0 Å². The summed E-state index contributed by atoms with van der Waals surface area (Å²) in [7, 11) is -3.89. The SMILES string of the molecule is CC(=O)O[C@@H](CCCCOCc1ccccc1)COS(=O)(=O)c1ccc(C)cc1. The number of carbonyl (C=O) groups excluding carboxylic acids is 1. The smallest absolute Gasteiger partial charge is 0.302 e. The summed E-state index contributed by atoms with van der Waals surface area (Å²) in [5.41, 5.74) is 2.07. The van der Waals surface area contributed by atoms with Gasteiger partial charge in [-0.25, -0.2) is 0 Å². The summed E-state index contributed by atoms with van der Waals surface area (Å²) in [5.74, 6) is -0.466. The Labute approximate surface area is 172 Å². The van der Waals surface area contributed by atoms with Gasteiger partial charge in [0.15, 0.2) is 0 Å². The lowest BCUT2D eigenvalue weighted by atomic mass is 10.1. The van der Waals surface area contributed by atoms with E-state index in [4.69, 9.17) is 13.7 Å². The highest BCUT2D eigenvalue weighted by atomic mass is 32.2. The Hall–Kier alpha value is -2.22. The maximum absolute atomic E-state index is 12.3. The third kappa shape index (κ3) is 8.77. The minimum Gasteiger partial charge on any atom is -0.460 e. The quantitative estimate of drug-likeness (QED) is 0.293. The van der Waals surface area contributed by atoms with Gasteiger partial charge in [-0.1, -0.05) is 48.0 Å². The molecule has 0 aliphatic carbocycles. The summed E-state index contributed by atoms with van der Waals surface area (Å²) in [6, 6.07) is 16.3. The van der Waals surface area contributed by atoms with Gasteiger partial charge in [-0.3, -0.25) is 8.98 Å². The van der Waals surface area contributed by atoms with Crippen molar-refractivity contribution >= 4 is 16.1 Å². The monoisotopic (exact) mass is 420 g/mol. The zero-order valence-corrected chi connectivity index (χ0v) is 17.7. The summed E-state index contributed by atoms with van der Waals surface area (Å²) in [4.78, 5) is 11.4. The summed E-state index contributed by atoms with van der Waals surface area (Å²) in [6.45, 7) is 4.08. The summed E-state index contributed by atoms with van der Waals surface area (Å²) in [6.07, 6.45) is 1.37. The van der Waals surface area contributed by atoms with E-state index in [0.717, 1.165) is 24.0 Å². The van der Waals surface area contributed by atoms with Gasteiger partial charge in [0.2, 0.25) is 0 Å². The maximum Gasteiger partial charge on any atom is 0.302 e. The minimum atomic E-state index is -3.89. The number of aryl methyl sites for hydroxylation is 1. The van der Waals surface area contributed by atoms with Crippen LogP contribution in [0, 0.1) is 6.92 Å². The van der Waals surface area contributed by atoms with Gasteiger partial charge >= 0.3 is 5.97 Å². The second-order valence-electron chi connectivity index (χ2n) is 6.82. The van der Waals surface area contributed by atoms with E-state index in [1.54, 1.807) is 12.1 Å². The van der Waals surface area contributed by atoms with Crippen LogP contribution < -0.4 is 0 Å². The van der Waals surface area contributed by atoms with E-state index >= 15 is 0 Å². The Balaban J connectivity index is 1.75. The van der Waals surface area contributed by atoms with Crippen LogP contribution in [0.2, 0.25) is 0 Å². The standard InChI is InChI=1S/C22H28O6S/c1-18-11-13-22(14-12-18)29(24,25)27-17-21(28-19(2)23)10-6-7-15-26-16-20-8-4-3-5-9-20/h3-5,8-9,11-14,21H,6-7,10,15-17H2,1-2H3/t21-/m0/s1. The van der Waals surface area contributed by atoms with Crippen LogP contribution in [0.3, 0.4) is 0 Å². The number of hydrogen-bond acceptors (Lipinski definition) is 6. The fourth-order valence-electron chi connectivity index (χ4n) is 2.69. The molecule has 0 aliphatic heterocycles. The van der Waals surface area contributed by atoms with Crippen molar-refractivity contribution in [2.75, 3.05) is 13.2 Å². The zero-order valence-electron chi connectivity index (χ0n) is 16.9. The van der Waals surface area contributed by atoms with Crippen LogP contribution in [0.1, 0.15) is 37.3 Å². The van der Waals surface area contributed by atoms with Gasteiger partial charge < -0.3 is 9.47 Å². The molecule has 0 saturated carbocycles.